The highest BCUT2D eigenvalue weighted by Crippen LogP contribution is 2.59. The first-order chi connectivity index (χ1) is 30.0. The fraction of sp³-hybridized carbons (Fsp3) is 0.238. The number of allylic oxidation sites excluding steroid dienone is 4. The molecule has 63 heavy (non-hydrogen) atoms. The molecule has 0 unspecified atom stereocenters. The number of rotatable bonds is 2. The van der Waals surface area contributed by atoms with Gasteiger partial charge in [-0.3, -0.25) is 0 Å². The molecule has 0 radical (unpaired) electrons. The molecule has 0 aliphatic heterocycles. The molecular weight excluding hydrogens is 757 g/mol. The van der Waals surface area contributed by atoms with Crippen molar-refractivity contribution in [1.29, 1.82) is 0 Å². The Morgan fingerprint density at radius 1 is 0.254 bits per heavy atom. The first-order valence-electron chi connectivity index (χ1n) is 23.2. The van der Waals surface area contributed by atoms with Gasteiger partial charge in [0.25, 0.3) is 0 Å². The van der Waals surface area contributed by atoms with Gasteiger partial charge in [-0.05, 0) is 169 Å². The van der Waals surface area contributed by atoms with Crippen LogP contribution in [0.3, 0.4) is 0 Å². The van der Waals surface area contributed by atoms with E-state index >= 15 is 0 Å². The SMILES string of the molecule is CC1(C)C(c2ccc3c(c2)C(C)(C)c2cc4c(cc2-3)C(C)(C)c2cccc3cccc-4c23)=CC=C1c1ccc2c(c1)C(C)(C)c1cc3c(cc1-2)C(C)(C)c1cccc2cccc-3c12. The van der Waals surface area contributed by atoms with E-state index in [9.17, 15) is 0 Å². The zero-order valence-electron chi connectivity index (χ0n) is 38.4. The largest absolute Gasteiger partial charge is 0.0613 e. The molecule has 5 aliphatic rings. The maximum atomic E-state index is 2.55. The second kappa shape index (κ2) is 11.7. The quantitative estimate of drug-likeness (QED) is 0.163. The highest BCUT2D eigenvalue weighted by molar-refractivity contribution is 6.06. The molecule has 8 aromatic carbocycles. The summed E-state index contributed by atoms with van der Waals surface area (Å²) in [6.45, 7) is 24.3. The van der Waals surface area contributed by atoms with Crippen LogP contribution in [0.1, 0.15) is 125 Å². The number of benzene rings is 8. The lowest BCUT2D eigenvalue weighted by atomic mass is 9.67. The minimum Gasteiger partial charge on any atom is -0.0613 e. The van der Waals surface area contributed by atoms with Crippen molar-refractivity contribution in [3.05, 3.63) is 201 Å². The zero-order valence-corrected chi connectivity index (χ0v) is 38.4. The summed E-state index contributed by atoms with van der Waals surface area (Å²) in [4.78, 5) is 0. The molecule has 0 fully saturated rings. The van der Waals surface area contributed by atoms with Gasteiger partial charge in [0.15, 0.2) is 0 Å². The molecule has 0 aromatic heterocycles. The molecule has 8 aromatic rings. The van der Waals surface area contributed by atoms with Gasteiger partial charge in [0, 0.05) is 27.1 Å². The van der Waals surface area contributed by atoms with Gasteiger partial charge in [-0.15, -0.1) is 0 Å². The van der Waals surface area contributed by atoms with E-state index < -0.39 is 0 Å². The minimum absolute atomic E-state index is 0.0978. The average Bonchev–Trinajstić information content (AvgIpc) is 3.79. The van der Waals surface area contributed by atoms with Crippen LogP contribution < -0.4 is 0 Å². The molecule has 0 N–H and O–H groups in total. The predicted molar refractivity (Wildman–Crippen MR) is 268 cm³/mol. The Morgan fingerprint density at radius 3 is 0.952 bits per heavy atom. The van der Waals surface area contributed by atoms with Crippen LogP contribution in [0.2, 0.25) is 0 Å². The fourth-order valence-corrected chi connectivity index (χ4v) is 13.5. The lowest BCUT2D eigenvalue weighted by Crippen LogP contribution is -2.24. The molecule has 0 saturated carbocycles. The van der Waals surface area contributed by atoms with Gasteiger partial charge in [0.05, 0.1) is 0 Å². The summed E-state index contributed by atoms with van der Waals surface area (Å²) < 4.78 is 0. The highest BCUT2D eigenvalue weighted by Gasteiger charge is 2.44. The van der Waals surface area contributed by atoms with E-state index in [0.717, 1.165) is 0 Å². The van der Waals surface area contributed by atoms with E-state index in [0.29, 0.717) is 0 Å². The molecule has 306 valence electrons. The Kier molecular flexibility index (Phi) is 6.91. The van der Waals surface area contributed by atoms with E-state index in [-0.39, 0.29) is 27.1 Å². The maximum absolute atomic E-state index is 2.55. The predicted octanol–water partition coefficient (Wildman–Crippen LogP) is 16.7. The minimum atomic E-state index is -0.172. The molecular formula is C63H54. The first kappa shape index (κ1) is 37.3. The summed E-state index contributed by atoms with van der Waals surface area (Å²) in [5.74, 6) is 0. The van der Waals surface area contributed by atoms with E-state index in [1.165, 1.54) is 133 Å². The Morgan fingerprint density at radius 2 is 0.571 bits per heavy atom. The number of hydrogen-bond acceptors (Lipinski definition) is 0. The molecule has 5 aliphatic carbocycles. The Labute approximate surface area is 373 Å². The summed E-state index contributed by atoms with van der Waals surface area (Å²) in [6.07, 6.45) is 4.82. The van der Waals surface area contributed by atoms with Crippen molar-refractivity contribution in [2.45, 2.75) is 90.9 Å². The van der Waals surface area contributed by atoms with E-state index in [1.807, 2.05) is 0 Å². The van der Waals surface area contributed by atoms with Crippen LogP contribution in [0.25, 0.3) is 77.2 Å². The summed E-state index contributed by atoms with van der Waals surface area (Å²) >= 11 is 0. The van der Waals surface area contributed by atoms with Gasteiger partial charge in [0.1, 0.15) is 0 Å². The van der Waals surface area contributed by atoms with Gasteiger partial charge in [0.2, 0.25) is 0 Å². The van der Waals surface area contributed by atoms with Crippen LogP contribution in [0.4, 0.5) is 0 Å². The monoisotopic (exact) mass is 810 g/mol. The smallest absolute Gasteiger partial charge is 0.0159 e. The molecule has 0 atom stereocenters. The van der Waals surface area contributed by atoms with Crippen LogP contribution in [-0.2, 0) is 21.7 Å². The van der Waals surface area contributed by atoms with Crippen LogP contribution in [0.15, 0.2) is 146 Å². The van der Waals surface area contributed by atoms with Crippen LogP contribution in [0.5, 0.6) is 0 Å². The molecule has 0 bridgehead atoms. The molecule has 0 spiro atoms. The van der Waals surface area contributed by atoms with Gasteiger partial charge in [-0.25, -0.2) is 0 Å². The average molecular weight is 811 g/mol. The molecule has 0 amide bonds. The van der Waals surface area contributed by atoms with Crippen molar-refractivity contribution in [1.82, 2.24) is 0 Å². The van der Waals surface area contributed by atoms with Gasteiger partial charge < -0.3 is 0 Å². The molecule has 13 rings (SSSR count). The van der Waals surface area contributed by atoms with Crippen LogP contribution in [-0.4, -0.2) is 0 Å². The Bertz CT molecular complexity index is 3270. The maximum Gasteiger partial charge on any atom is 0.0159 e. The third-order valence-corrected chi connectivity index (χ3v) is 17.1. The van der Waals surface area contributed by atoms with Gasteiger partial charge in [-0.1, -0.05) is 178 Å². The summed E-state index contributed by atoms with van der Waals surface area (Å²) in [5, 5.41) is 5.49. The third-order valence-electron chi connectivity index (χ3n) is 17.1. The summed E-state index contributed by atoms with van der Waals surface area (Å²) in [5.41, 5.74) is 27.3. The lowest BCUT2D eigenvalue weighted by molar-refractivity contribution is 0.638. The van der Waals surface area contributed by atoms with Crippen molar-refractivity contribution < 1.29 is 0 Å². The Balaban J connectivity index is 0.859. The van der Waals surface area contributed by atoms with E-state index in [4.69, 9.17) is 0 Å². The van der Waals surface area contributed by atoms with Gasteiger partial charge >= 0.3 is 0 Å². The summed E-state index contributed by atoms with van der Waals surface area (Å²) in [7, 11) is 0. The van der Waals surface area contributed by atoms with Crippen LogP contribution >= 0.6 is 0 Å². The van der Waals surface area contributed by atoms with Crippen molar-refractivity contribution in [3.8, 4) is 44.5 Å². The topological polar surface area (TPSA) is 0 Å². The number of fused-ring (bicyclic) bond motifs is 10. The molecule has 0 saturated heterocycles. The van der Waals surface area contributed by atoms with Crippen molar-refractivity contribution in [2.24, 2.45) is 5.41 Å². The van der Waals surface area contributed by atoms with Gasteiger partial charge in [-0.2, -0.15) is 0 Å². The second-order valence-corrected chi connectivity index (χ2v) is 22.1. The lowest BCUT2D eigenvalue weighted by Gasteiger charge is -2.36. The second-order valence-electron chi connectivity index (χ2n) is 22.1. The fourth-order valence-electron chi connectivity index (χ4n) is 13.5. The molecule has 0 nitrogen and oxygen atoms in total. The highest BCUT2D eigenvalue weighted by atomic mass is 14.5. The third kappa shape index (κ3) is 4.52. The van der Waals surface area contributed by atoms with Crippen molar-refractivity contribution in [3.63, 3.8) is 0 Å². The van der Waals surface area contributed by atoms with E-state index in [2.05, 4.69) is 215 Å². The summed E-state index contributed by atoms with van der Waals surface area (Å²) in [6, 6.07) is 52.3. The van der Waals surface area contributed by atoms with Crippen LogP contribution in [0, 0.1) is 5.41 Å². The number of hydrogen-bond donors (Lipinski definition) is 0. The normalized spacial score (nSPS) is 18.8. The zero-order chi connectivity index (χ0) is 43.3. The standard InChI is InChI=1S/C63H54/c1-59(2)47(37-23-25-39-43-31-55-45(33-53(43)62(7,8)51(39)29-37)41-19-11-15-35-17-13-21-49(57(35)41)60(55,3)4)27-28-48(59)38-24-26-40-44-32-56-46(34-54(44)63(9,10)52(40)30-38)42-20-12-16-36-18-14-22-50(58(36)42)61(56,5)6/h11-34H,1-10H3. The first-order valence-corrected chi connectivity index (χ1v) is 23.2. The van der Waals surface area contributed by atoms with Crippen molar-refractivity contribution >= 4 is 32.7 Å². The van der Waals surface area contributed by atoms with E-state index in [1.54, 1.807) is 0 Å². The molecule has 0 heteroatoms. The Hall–Kier alpha value is -6.24. The molecule has 0 heterocycles. The van der Waals surface area contributed by atoms with Crippen molar-refractivity contribution in [2.75, 3.05) is 0 Å².